The van der Waals surface area contributed by atoms with E-state index in [1.54, 1.807) is 11.0 Å². The lowest BCUT2D eigenvalue weighted by molar-refractivity contribution is -0.112. The SMILES string of the molecule is CC(=O)/C=C/CN1CCCC(F)(F)C1. The Balaban J connectivity index is 2.35. The van der Waals surface area contributed by atoms with Crippen molar-refractivity contribution in [2.24, 2.45) is 0 Å². The van der Waals surface area contributed by atoms with Gasteiger partial charge in [-0.25, -0.2) is 8.78 Å². The molecule has 0 radical (unpaired) electrons. The van der Waals surface area contributed by atoms with E-state index < -0.39 is 5.92 Å². The van der Waals surface area contributed by atoms with Crippen LogP contribution in [0.1, 0.15) is 19.8 Å². The minimum Gasteiger partial charge on any atom is -0.295 e. The Morgan fingerprint density at radius 3 is 2.86 bits per heavy atom. The molecule has 1 heterocycles. The molecule has 1 fully saturated rings. The third-order valence-corrected chi connectivity index (χ3v) is 2.19. The minimum atomic E-state index is -2.55. The number of hydrogen-bond acceptors (Lipinski definition) is 2. The average Bonchev–Trinajstić information content (AvgIpc) is 2.01. The predicted molar refractivity (Wildman–Crippen MR) is 50.4 cm³/mol. The first-order valence-corrected chi connectivity index (χ1v) is 4.77. The van der Waals surface area contributed by atoms with E-state index >= 15 is 0 Å². The summed E-state index contributed by atoms with van der Waals surface area (Å²) in [5.41, 5.74) is 0. The zero-order chi connectivity index (χ0) is 10.6. The molecule has 1 rings (SSSR count). The molecular formula is C10H15F2NO. The first-order valence-electron chi connectivity index (χ1n) is 4.77. The second kappa shape index (κ2) is 4.64. The third kappa shape index (κ3) is 3.96. The number of ketones is 1. The van der Waals surface area contributed by atoms with Crippen molar-refractivity contribution < 1.29 is 13.6 Å². The van der Waals surface area contributed by atoms with Gasteiger partial charge < -0.3 is 0 Å². The van der Waals surface area contributed by atoms with Crippen LogP contribution in [0.4, 0.5) is 8.78 Å². The van der Waals surface area contributed by atoms with Crippen LogP contribution in [0.5, 0.6) is 0 Å². The lowest BCUT2D eigenvalue weighted by Crippen LogP contribution is -2.42. The summed E-state index contributed by atoms with van der Waals surface area (Å²) in [5.74, 6) is -2.60. The molecular weight excluding hydrogens is 188 g/mol. The number of likely N-dealkylation sites (tertiary alicyclic amines) is 1. The molecule has 1 aliphatic rings. The van der Waals surface area contributed by atoms with E-state index in [0.717, 1.165) is 0 Å². The Hall–Kier alpha value is -0.770. The summed E-state index contributed by atoms with van der Waals surface area (Å²) in [6.07, 6.45) is 3.58. The molecule has 1 aliphatic heterocycles. The van der Waals surface area contributed by atoms with E-state index in [1.807, 2.05) is 0 Å². The number of hydrogen-bond donors (Lipinski definition) is 0. The molecule has 0 atom stereocenters. The number of piperidine rings is 1. The van der Waals surface area contributed by atoms with Crippen LogP contribution < -0.4 is 0 Å². The van der Waals surface area contributed by atoms with E-state index in [4.69, 9.17) is 0 Å². The Morgan fingerprint density at radius 2 is 2.29 bits per heavy atom. The van der Waals surface area contributed by atoms with Crippen LogP contribution in [0.3, 0.4) is 0 Å². The molecule has 0 unspecified atom stereocenters. The molecule has 0 amide bonds. The molecule has 4 heteroatoms. The van der Waals surface area contributed by atoms with Crippen molar-refractivity contribution in [2.75, 3.05) is 19.6 Å². The molecule has 0 aromatic heterocycles. The van der Waals surface area contributed by atoms with E-state index in [2.05, 4.69) is 0 Å². The standard InChI is InChI=1S/C10H15F2NO/c1-9(14)4-2-6-13-7-3-5-10(11,12)8-13/h2,4H,3,5-8H2,1H3/b4-2+. The van der Waals surface area contributed by atoms with Gasteiger partial charge >= 0.3 is 0 Å². The highest BCUT2D eigenvalue weighted by molar-refractivity contribution is 5.87. The highest BCUT2D eigenvalue weighted by atomic mass is 19.3. The summed E-state index contributed by atoms with van der Waals surface area (Å²) in [6.45, 7) is 2.39. The lowest BCUT2D eigenvalue weighted by atomic mass is 10.1. The summed E-state index contributed by atoms with van der Waals surface area (Å²) < 4.78 is 25.8. The van der Waals surface area contributed by atoms with Crippen LogP contribution in [0, 0.1) is 0 Å². The molecule has 2 nitrogen and oxygen atoms in total. The molecule has 0 aliphatic carbocycles. The smallest absolute Gasteiger partial charge is 0.260 e. The van der Waals surface area contributed by atoms with Gasteiger partial charge in [0.15, 0.2) is 5.78 Å². The van der Waals surface area contributed by atoms with Gasteiger partial charge in [0.25, 0.3) is 5.92 Å². The number of nitrogens with zero attached hydrogens (tertiary/aromatic N) is 1. The number of rotatable bonds is 3. The Kier molecular flexibility index (Phi) is 3.75. The topological polar surface area (TPSA) is 20.3 Å². The van der Waals surface area contributed by atoms with Gasteiger partial charge in [-0.3, -0.25) is 9.69 Å². The fourth-order valence-electron chi connectivity index (χ4n) is 1.57. The van der Waals surface area contributed by atoms with Gasteiger partial charge in [0, 0.05) is 13.0 Å². The van der Waals surface area contributed by atoms with E-state index in [-0.39, 0.29) is 18.7 Å². The van der Waals surface area contributed by atoms with Crippen molar-refractivity contribution in [2.45, 2.75) is 25.7 Å². The number of carbonyl (C=O) groups is 1. The van der Waals surface area contributed by atoms with Gasteiger partial charge in [-0.1, -0.05) is 6.08 Å². The maximum Gasteiger partial charge on any atom is 0.260 e. The highest BCUT2D eigenvalue weighted by Crippen LogP contribution is 2.26. The van der Waals surface area contributed by atoms with Crippen LogP contribution in [0.2, 0.25) is 0 Å². The largest absolute Gasteiger partial charge is 0.295 e. The fraction of sp³-hybridized carbons (Fsp3) is 0.700. The summed E-state index contributed by atoms with van der Waals surface area (Å²) >= 11 is 0. The average molecular weight is 203 g/mol. The molecule has 0 bridgehead atoms. The molecule has 0 spiro atoms. The van der Waals surface area contributed by atoms with Gasteiger partial charge in [0.05, 0.1) is 6.54 Å². The number of alkyl halides is 2. The van der Waals surface area contributed by atoms with Crippen LogP contribution >= 0.6 is 0 Å². The highest BCUT2D eigenvalue weighted by Gasteiger charge is 2.34. The van der Waals surface area contributed by atoms with Crippen molar-refractivity contribution >= 4 is 5.78 Å². The van der Waals surface area contributed by atoms with Crippen molar-refractivity contribution in [1.29, 1.82) is 0 Å². The second-order valence-corrected chi connectivity index (χ2v) is 3.71. The van der Waals surface area contributed by atoms with Gasteiger partial charge in [0.2, 0.25) is 0 Å². The lowest BCUT2D eigenvalue weighted by Gasteiger charge is -2.31. The number of carbonyl (C=O) groups excluding carboxylic acids is 1. The Morgan fingerprint density at radius 1 is 1.57 bits per heavy atom. The maximum atomic E-state index is 12.9. The molecule has 0 N–H and O–H groups in total. The van der Waals surface area contributed by atoms with Gasteiger partial charge in [-0.15, -0.1) is 0 Å². The fourth-order valence-corrected chi connectivity index (χ4v) is 1.57. The molecule has 0 aromatic carbocycles. The molecule has 0 saturated carbocycles. The van der Waals surface area contributed by atoms with Crippen LogP contribution in [-0.2, 0) is 4.79 Å². The van der Waals surface area contributed by atoms with E-state index in [0.29, 0.717) is 19.5 Å². The molecule has 80 valence electrons. The summed E-state index contributed by atoms with van der Waals surface area (Å²) in [6, 6.07) is 0. The van der Waals surface area contributed by atoms with E-state index in [1.165, 1.54) is 13.0 Å². The zero-order valence-electron chi connectivity index (χ0n) is 8.30. The normalized spacial score (nSPS) is 22.8. The molecule has 1 saturated heterocycles. The number of allylic oxidation sites excluding steroid dienone is 1. The quantitative estimate of drug-likeness (QED) is 0.652. The third-order valence-electron chi connectivity index (χ3n) is 2.19. The monoisotopic (exact) mass is 203 g/mol. The zero-order valence-corrected chi connectivity index (χ0v) is 8.30. The van der Waals surface area contributed by atoms with Crippen molar-refractivity contribution in [3.8, 4) is 0 Å². The van der Waals surface area contributed by atoms with Crippen molar-refractivity contribution in [1.82, 2.24) is 4.90 Å². The summed E-state index contributed by atoms with van der Waals surface area (Å²) in [4.78, 5) is 12.2. The molecule has 0 aromatic rings. The second-order valence-electron chi connectivity index (χ2n) is 3.71. The molecule has 14 heavy (non-hydrogen) atoms. The van der Waals surface area contributed by atoms with Gasteiger partial charge in [0.1, 0.15) is 0 Å². The van der Waals surface area contributed by atoms with Crippen LogP contribution in [0.15, 0.2) is 12.2 Å². The first kappa shape index (κ1) is 11.3. The van der Waals surface area contributed by atoms with Gasteiger partial charge in [-0.2, -0.15) is 0 Å². The summed E-state index contributed by atoms with van der Waals surface area (Å²) in [5, 5.41) is 0. The van der Waals surface area contributed by atoms with Gasteiger partial charge in [-0.05, 0) is 26.0 Å². The van der Waals surface area contributed by atoms with Crippen LogP contribution in [-0.4, -0.2) is 36.2 Å². The Labute approximate surface area is 82.6 Å². The maximum absolute atomic E-state index is 12.9. The minimum absolute atomic E-state index is 0.0140. The first-order chi connectivity index (χ1) is 6.49. The Bertz CT molecular complexity index is 238. The predicted octanol–water partition coefficient (Wildman–Crippen LogP) is 1.86. The number of halogens is 2. The van der Waals surface area contributed by atoms with Crippen LogP contribution in [0.25, 0.3) is 0 Å². The van der Waals surface area contributed by atoms with Crippen molar-refractivity contribution in [3.63, 3.8) is 0 Å². The van der Waals surface area contributed by atoms with E-state index in [9.17, 15) is 13.6 Å². The van der Waals surface area contributed by atoms with Crippen molar-refractivity contribution in [3.05, 3.63) is 12.2 Å². The summed E-state index contributed by atoms with van der Waals surface area (Å²) in [7, 11) is 0.